The monoisotopic (exact) mass is 302 g/mol. The van der Waals surface area contributed by atoms with Gasteiger partial charge < -0.3 is 9.64 Å². The van der Waals surface area contributed by atoms with Crippen LogP contribution in [0.1, 0.15) is 26.3 Å². The molecule has 0 bridgehead atoms. The number of nitrogens with one attached hydrogen (secondary N) is 1. The van der Waals surface area contributed by atoms with Crippen molar-refractivity contribution < 1.29 is 9.53 Å². The SMILES string of the molecule is CC(C)(C)OC(=O)N1CC=C(c2cccn3c(=O)[nH]nc23)C1. The molecule has 0 saturated carbocycles. The summed E-state index contributed by atoms with van der Waals surface area (Å²) in [6.07, 6.45) is 3.27. The van der Waals surface area contributed by atoms with E-state index in [1.165, 1.54) is 4.40 Å². The molecule has 0 saturated heterocycles. The number of H-pyrrole nitrogens is 1. The first-order valence-corrected chi connectivity index (χ1v) is 7.08. The van der Waals surface area contributed by atoms with Gasteiger partial charge in [0.05, 0.1) is 0 Å². The molecule has 1 aliphatic heterocycles. The van der Waals surface area contributed by atoms with E-state index in [9.17, 15) is 9.59 Å². The van der Waals surface area contributed by atoms with E-state index in [-0.39, 0.29) is 11.8 Å². The minimum Gasteiger partial charge on any atom is -0.444 e. The molecular weight excluding hydrogens is 284 g/mol. The van der Waals surface area contributed by atoms with Gasteiger partial charge in [0.2, 0.25) is 0 Å². The fourth-order valence-corrected chi connectivity index (χ4v) is 2.40. The molecule has 0 aliphatic carbocycles. The molecule has 22 heavy (non-hydrogen) atoms. The van der Waals surface area contributed by atoms with Gasteiger partial charge in [-0.25, -0.2) is 19.1 Å². The number of carbonyl (C=O) groups is 1. The van der Waals surface area contributed by atoms with Crippen LogP contribution in [0.25, 0.3) is 11.2 Å². The van der Waals surface area contributed by atoms with Gasteiger partial charge in [-0.3, -0.25) is 0 Å². The third-order valence-electron chi connectivity index (χ3n) is 3.36. The highest BCUT2D eigenvalue weighted by atomic mass is 16.6. The van der Waals surface area contributed by atoms with Gasteiger partial charge in [-0.2, -0.15) is 5.10 Å². The summed E-state index contributed by atoms with van der Waals surface area (Å²) in [5.74, 6) is 0. The molecule has 3 heterocycles. The standard InChI is InChI=1S/C15H18N4O3/c1-15(2,3)22-14(21)18-8-6-10(9-18)11-5-4-7-19-12(11)16-17-13(19)20/h4-7H,8-9H2,1-3H3,(H,17,20). The minimum atomic E-state index is -0.518. The highest BCUT2D eigenvalue weighted by Gasteiger charge is 2.26. The average Bonchev–Trinajstić information content (AvgIpc) is 3.04. The number of fused-ring (bicyclic) bond motifs is 1. The molecule has 1 amide bonds. The molecule has 116 valence electrons. The largest absolute Gasteiger partial charge is 0.444 e. The maximum atomic E-state index is 12.1. The number of ether oxygens (including phenoxy) is 1. The molecule has 0 radical (unpaired) electrons. The van der Waals surface area contributed by atoms with Gasteiger partial charge >= 0.3 is 11.8 Å². The number of pyridine rings is 1. The van der Waals surface area contributed by atoms with Gasteiger partial charge in [0, 0.05) is 24.8 Å². The van der Waals surface area contributed by atoms with Crippen LogP contribution in [0.5, 0.6) is 0 Å². The van der Waals surface area contributed by atoms with Crippen LogP contribution in [-0.4, -0.2) is 44.3 Å². The average molecular weight is 302 g/mol. The quantitative estimate of drug-likeness (QED) is 0.868. The van der Waals surface area contributed by atoms with Crippen molar-refractivity contribution in [1.29, 1.82) is 0 Å². The van der Waals surface area contributed by atoms with E-state index in [4.69, 9.17) is 4.74 Å². The summed E-state index contributed by atoms with van der Waals surface area (Å²) in [5.41, 5.74) is 1.56. The summed E-state index contributed by atoms with van der Waals surface area (Å²) >= 11 is 0. The fraction of sp³-hybridized carbons (Fsp3) is 0.400. The molecule has 0 atom stereocenters. The maximum absolute atomic E-state index is 12.1. The van der Waals surface area contributed by atoms with E-state index in [0.717, 1.165) is 11.1 Å². The van der Waals surface area contributed by atoms with Gasteiger partial charge in [0.1, 0.15) is 5.60 Å². The van der Waals surface area contributed by atoms with E-state index < -0.39 is 5.60 Å². The van der Waals surface area contributed by atoms with Crippen molar-refractivity contribution >= 4 is 17.3 Å². The number of nitrogens with zero attached hydrogens (tertiary/aromatic N) is 3. The topological polar surface area (TPSA) is 79.7 Å². The lowest BCUT2D eigenvalue weighted by atomic mass is 10.1. The first kappa shape index (κ1) is 14.4. The van der Waals surface area contributed by atoms with Gasteiger partial charge in [0.15, 0.2) is 5.65 Å². The van der Waals surface area contributed by atoms with Crippen LogP contribution < -0.4 is 5.69 Å². The molecule has 2 aromatic rings. The summed E-state index contributed by atoms with van der Waals surface area (Å²) in [4.78, 5) is 25.3. The summed E-state index contributed by atoms with van der Waals surface area (Å²) in [6.45, 7) is 6.44. The fourth-order valence-electron chi connectivity index (χ4n) is 2.40. The van der Waals surface area contributed by atoms with E-state index in [1.54, 1.807) is 17.2 Å². The molecule has 0 aromatic carbocycles. The van der Waals surface area contributed by atoms with Crippen molar-refractivity contribution in [2.75, 3.05) is 13.1 Å². The Balaban J connectivity index is 1.83. The van der Waals surface area contributed by atoms with Crippen molar-refractivity contribution in [2.45, 2.75) is 26.4 Å². The lowest BCUT2D eigenvalue weighted by Crippen LogP contribution is -2.35. The minimum absolute atomic E-state index is 0.278. The highest BCUT2D eigenvalue weighted by Crippen LogP contribution is 2.24. The van der Waals surface area contributed by atoms with E-state index >= 15 is 0 Å². The van der Waals surface area contributed by atoms with Crippen molar-refractivity contribution in [2.24, 2.45) is 0 Å². The van der Waals surface area contributed by atoms with E-state index in [0.29, 0.717) is 18.7 Å². The van der Waals surface area contributed by atoms with E-state index in [2.05, 4.69) is 10.2 Å². The molecule has 1 aliphatic rings. The normalized spacial score (nSPS) is 15.2. The Hall–Kier alpha value is -2.57. The molecule has 3 rings (SSSR count). The zero-order chi connectivity index (χ0) is 15.9. The van der Waals surface area contributed by atoms with Crippen LogP contribution in [-0.2, 0) is 4.74 Å². The van der Waals surface area contributed by atoms with Gasteiger partial charge in [-0.05, 0) is 38.5 Å². The second-order valence-corrected chi connectivity index (χ2v) is 6.23. The summed E-state index contributed by atoms with van der Waals surface area (Å²) in [6, 6.07) is 3.68. The van der Waals surface area contributed by atoms with Gasteiger partial charge in [0.25, 0.3) is 0 Å². The van der Waals surface area contributed by atoms with Crippen molar-refractivity contribution in [1.82, 2.24) is 19.5 Å². The molecule has 7 nitrogen and oxygen atoms in total. The van der Waals surface area contributed by atoms with Crippen LogP contribution in [0.15, 0.2) is 29.2 Å². The van der Waals surface area contributed by atoms with Crippen molar-refractivity contribution in [3.8, 4) is 0 Å². The lowest BCUT2D eigenvalue weighted by molar-refractivity contribution is 0.0306. The first-order valence-electron chi connectivity index (χ1n) is 7.08. The van der Waals surface area contributed by atoms with Crippen LogP contribution in [0.3, 0.4) is 0 Å². The Labute approximate surface area is 127 Å². The summed E-state index contributed by atoms with van der Waals surface area (Å²) in [5, 5.41) is 6.47. The van der Waals surface area contributed by atoms with Crippen LogP contribution in [0.4, 0.5) is 4.79 Å². The highest BCUT2D eigenvalue weighted by molar-refractivity contribution is 5.82. The molecule has 2 aromatic heterocycles. The first-order chi connectivity index (χ1) is 10.3. The zero-order valence-corrected chi connectivity index (χ0v) is 12.8. The molecule has 0 unspecified atom stereocenters. The number of carbonyl (C=O) groups excluding carboxylic acids is 1. The van der Waals surface area contributed by atoms with Crippen LogP contribution in [0.2, 0.25) is 0 Å². The van der Waals surface area contributed by atoms with Gasteiger partial charge in [-0.15, -0.1) is 0 Å². The second-order valence-electron chi connectivity index (χ2n) is 6.23. The summed E-state index contributed by atoms with van der Waals surface area (Å²) in [7, 11) is 0. The Morgan fingerprint density at radius 3 is 2.91 bits per heavy atom. The number of amides is 1. The second kappa shape index (κ2) is 5.01. The lowest BCUT2D eigenvalue weighted by Gasteiger charge is -2.24. The zero-order valence-electron chi connectivity index (χ0n) is 12.8. The van der Waals surface area contributed by atoms with Crippen molar-refractivity contribution in [3.05, 3.63) is 40.5 Å². The Bertz CT molecular complexity index is 810. The number of aromatic nitrogens is 3. The van der Waals surface area contributed by atoms with Crippen LogP contribution in [0, 0.1) is 0 Å². The van der Waals surface area contributed by atoms with Crippen LogP contribution >= 0.6 is 0 Å². The third-order valence-corrected chi connectivity index (χ3v) is 3.36. The molecule has 1 N–H and O–H groups in total. The number of hydrogen-bond donors (Lipinski definition) is 1. The molecule has 7 heteroatoms. The molecule has 0 fully saturated rings. The molecular formula is C15H18N4O3. The Kier molecular flexibility index (Phi) is 3.27. The predicted octanol–water partition coefficient (Wildman–Crippen LogP) is 1.66. The number of aromatic amines is 1. The maximum Gasteiger partial charge on any atom is 0.410 e. The van der Waals surface area contributed by atoms with E-state index in [1.807, 2.05) is 32.9 Å². The summed E-state index contributed by atoms with van der Waals surface area (Å²) < 4.78 is 6.82. The number of hydrogen-bond acceptors (Lipinski definition) is 4. The Morgan fingerprint density at radius 2 is 2.18 bits per heavy atom. The Morgan fingerprint density at radius 1 is 1.41 bits per heavy atom. The van der Waals surface area contributed by atoms with Crippen molar-refractivity contribution in [3.63, 3.8) is 0 Å². The third kappa shape index (κ3) is 2.61. The smallest absolute Gasteiger partial charge is 0.410 e. The number of rotatable bonds is 1. The predicted molar refractivity (Wildman–Crippen MR) is 81.6 cm³/mol. The molecule has 0 spiro atoms. The van der Waals surface area contributed by atoms with Gasteiger partial charge in [-0.1, -0.05) is 6.08 Å².